The Hall–Kier alpha value is -0.120. The van der Waals surface area contributed by atoms with Gasteiger partial charge < -0.3 is 10.5 Å². The van der Waals surface area contributed by atoms with E-state index < -0.39 is 0 Å². The van der Waals surface area contributed by atoms with Gasteiger partial charge in [-0.1, -0.05) is 39.0 Å². The first-order valence-corrected chi connectivity index (χ1v) is 7.89. The van der Waals surface area contributed by atoms with E-state index in [1.807, 2.05) is 0 Å². The van der Waals surface area contributed by atoms with Crippen molar-refractivity contribution in [1.29, 1.82) is 0 Å². The van der Waals surface area contributed by atoms with Gasteiger partial charge in [-0.05, 0) is 25.3 Å². The van der Waals surface area contributed by atoms with Gasteiger partial charge in [-0.2, -0.15) is 0 Å². The minimum atomic E-state index is 0.243. The van der Waals surface area contributed by atoms with Crippen molar-refractivity contribution >= 4 is 0 Å². The van der Waals surface area contributed by atoms with Crippen LogP contribution in [0.3, 0.4) is 0 Å². The summed E-state index contributed by atoms with van der Waals surface area (Å²) in [6, 6.07) is 0.243. The van der Waals surface area contributed by atoms with Gasteiger partial charge >= 0.3 is 0 Å². The van der Waals surface area contributed by atoms with Crippen molar-refractivity contribution in [3.63, 3.8) is 0 Å². The lowest BCUT2D eigenvalue weighted by Crippen LogP contribution is -2.51. The van der Waals surface area contributed by atoms with E-state index in [-0.39, 0.29) is 12.1 Å². The molecule has 3 nitrogen and oxygen atoms in total. The van der Waals surface area contributed by atoms with E-state index in [2.05, 4.69) is 11.8 Å². The van der Waals surface area contributed by atoms with Gasteiger partial charge in [-0.3, -0.25) is 4.90 Å². The highest BCUT2D eigenvalue weighted by Gasteiger charge is 2.27. The summed E-state index contributed by atoms with van der Waals surface area (Å²) in [6.07, 6.45) is 9.69. The first-order valence-electron chi connectivity index (χ1n) is 7.89. The van der Waals surface area contributed by atoms with Crippen LogP contribution in [-0.2, 0) is 4.74 Å². The summed E-state index contributed by atoms with van der Waals surface area (Å²) in [5.74, 6) is 0.860. The van der Waals surface area contributed by atoms with E-state index in [1.54, 1.807) is 0 Å². The topological polar surface area (TPSA) is 38.5 Å². The SMILES string of the molecule is CCCN1CCOC(C(N)CC2CCCCC2)C1. The normalized spacial score (nSPS) is 29.3. The molecular formula is C15H30N2O. The fraction of sp³-hybridized carbons (Fsp3) is 1.00. The molecule has 1 saturated heterocycles. The molecule has 0 bridgehead atoms. The summed E-state index contributed by atoms with van der Waals surface area (Å²) in [5.41, 5.74) is 6.39. The minimum Gasteiger partial charge on any atom is -0.374 e. The summed E-state index contributed by atoms with van der Waals surface area (Å²) in [5, 5.41) is 0. The lowest BCUT2D eigenvalue weighted by Gasteiger charge is -2.37. The molecule has 0 amide bonds. The largest absolute Gasteiger partial charge is 0.374 e. The van der Waals surface area contributed by atoms with Gasteiger partial charge in [0.1, 0.15) is 0 Å². The summed E-state index contributed by atoms with van der Waals surface area (Å²) < 4.78 is 5.89. The molecule has 1 aliphatic heterocycles. The van der Waals surface area contributed by atoms with Crippen LogP contribution >= 0.6 is 0 Å². The van der Waals surface area contributed by atoms with E-state index in [4.69, 9.17) is 10.5 Å². The fourth-order valence-corrected chi connectivity index (χ4v) is 3.47. The van der Waals surface area contributed by atoms with Gasteiger partial charge in [0, 0.05) is 19.1 Å². The summed E-state index contributed by atoms with van der Waals surface area (Å²) >= 11 is 0. The molecule has 2 aliphatic rings. The van der Waals surface area contributed by atoms with Crippen LogP contribution < -0.4 is 5.73 Å². The van der Waals surface area contributed by atoms with Crippen LogP contribution in [0.1, 0.15) is 51.9 Å². The molecule has 2 atom stereocenters. The smallest absolute Gasteiger partial charge is 0.0853 e. The van der Waals surface area contributed by atoms with Gasteiger partial charge in [-0.25, -0.2) is 0 Å². The van der Waals surface area contributed by atoms with Crippen molar-refractivity contribution in [1.82, 2.24) is 4.90 Å². The lowest BCUT2D eigenvalue weighted by molar-refractivity contribution is -0.0440. The monoisotopic (exact) mass is 254 g/mol. The van der Waals surface area contributed by atoms with Gasteiger partial charge in [-0.15, -0.1) is 0 Å². The number of hydrogen-bond acceptors (Lipinski definition) is 3. The Morgan fingerprint density at radius 1 is 1.28 bits per heavy atom. The van der Waals surface area contributed by atoms with Crippen LogP contribution in [0.15, 0.2) is 0 Å². The van der Waals surface area contributed by atoms with Gasteiger partial charge in [0.25, 0.3) is 0 Å². The van der Waals surface area contributed by atoms with E-state index in [9.17, 15) is 0 Å². The predicted octanol–water partition coefficient (Wildman–Crippen LogP) is 2.39. The van der Waals surface area contributed by atoms with E-state index in [0.29, 0.717) is 0 Å². The molecule has 1 saturated carbocycles. The maximum absolute atomic E-state index is 6.39. The highest BCUT2D eigenvalue weighted by atomic mass is 16.5. The Bertz CT molecular complexity index is 227. The first kappa shape index (κ1) is 14.3. The van der Waals surface area contributed by atoms with E-state index in [1.165, 1.54) is 51.5 Å². The number of hydrogen-bond donors (Lipinski definition) is 1. The average Bonchev–Trinajstić information content (AvgIpc) is 2.40. The van der Waals surface area contributed by atoms with Crippen molar-refractivity contribution in [3.8, 4) is 0 Å². The van der Waals surface area contributed by atoms with Crippen molar-refractivity contribution in [2.24, 2.45) is 11.7 Å². The van der Waals surface area contributed by atoms with Crippen LogP contribution in [0.2, 0.25) is 0 Å². The molecular weight excluding hydrogens is 224 g/mol. The maximum atomic E-state index is 6.39. The lowest BCUT2D eigenvalue weighted by atomic mass is 9.84. The third kappa shape index (κ3) is 4.22. The molecule has 2 unspecified atom stereocenters. The quantitative estimate of drug-likeness (QED) is 0.819. The maximum Gasteiger partial charge on any atom is 0.0853 e. The Labute approximate surface area is 112 Å². The summed E-state index contributed by atoms with van der Waals surface area (Å²) in [7, 11) is 0. The third-order valence-electron chi connectivity index (χ3n) is 4.53. The van der Waals surface area contributed by atoms with Crippen molar-refractivity contribution < 1.29 is 4.74 Å². The van der Waals surface area contributed by atoms with Crippen LogP contribution in [-0.4, -0.2) is 43.3 Å². The molecule has 106 valence electrons. The molecule has 18 heavy (non-hydrogen) atoms. The summed E-state index contributed by atoms with van der Waals surface area (Å²) in [6.45, 7) is 6.42. The second-order valence-electron chi connectivity index (χ2n) is 6.11. The molecule has 3 heteroatoms. The molecule has 2 rings (SSSR count). The first-order chi connectivity index (χ1) is 8.79. The zero-order valence-corrected chi connectivity index (χ0v) is 11.9. The second-order valence-corrected chi connectivity index (χ2v) is 6.11. The zero-order valence-electron chi connectivity index (χ0n) is 11.9. The molecule has 1 aliphatic carbocycles. The Morgan fingerprint density at radius 3 is 2.78 bits per heavy atom. The molecule has 0 radical (unpaired) electrons. The van der Waals surface area contributed by atoms with E-state index >= 15 is 0 Å². The van der Waals surface area contributed by atoms with Crippen molar-refractivity contribution in [2.45, 2.75) is 64.0 Å². The molecule has 0 aromatic heterocycles. The number of nitrogens with two attached hydrogens (primary N) is 1. The third-order valence-corrected chi connectivity index (χ3v) is 4.53. The Kier molecular flexibility index (Phi) is 5.93. The van der Waals surface area contributed by atoms with Crippen molar-refractivity contribution in [3.05, 3.63) is 0 Å². The van der Waals surface area contributed by atoms with Gasteiger partial charge in [0.2, 0.25) is 0 Å². The van der Waals surface area contributed by atoms with E-state index in [0.717, 1.165) is 25.6 Å². The molecule has 0 aromatic rings. The predicted molar refractivity (Wildman–Crippen MR) is 75.6 cm³/mol. The molecule has 2 fully saturated rings. The molecule has 2 N–H and O–H groups in total. The summed E-state index contributed by atoms with van der Waals surface area (Å²) in [4.78, 5) is 2.51. The van der Waals surface area contributed by atoms with Gasteiger partial charge in [0.15, 0.2) is 0 Å². The molecule has 1 heterocycles. The number of morpholine rings is 1. The zero-order chi connectivity index (χ0) is 12.8. The van der Waals surface area contributed by atoms with Crippen molar-refractivity contribution in [2.75, 3.05) is 26.2 Å². The average molecular weight is 254 g/mol. The highest BCUT2D eigenvalue weighted by molar-refractivity contribution is 4.83. The highest BCUT2D eigenvalue weighted by Crippen LogP contribution is 2.28. The van der Waals surface area contributed by atoms with Crippen LogP contribution in [0.4, 0.5) is 0 Å². The number of nitrogens with zero attached hydrogens (tertiary/aromatic N) is 1. The second kappa shape index (κ2) is 7.46. The molecule has 0 spiro atoms. The number of ether oxygens (including phenoxy) is 1. The Morgan fingerprint density at radius 2 is 2.06 bits per heavy atom. The number of rotatable bonds is 5. The Balaban J connectivity index is 1.74. The van der Waals surface area contributed by atoms with Gasteiger partial charge in [0.05, 0.1) is 12.7 Å². The van der Waals surface area contributed by atoms with Crippen LogP contribution in [0.25, 0.3) is 0 Å². The van der Waals surface area contributed by atoms with Crippen LogP contribution in [0.5, 0.6) is 0 Å². The fourth-order valence-electron chi connectivity index (χ4n) is 3.47. The molecule has 0 aromatic carbocycles. The standard InChI is InChI=1S/C15H30N2O/c1-2-8-17-9-10-18-15(12-17)14(16)11-13-6-4-3-5-7-13/h13-15H,2-12,16H2,1H3. The van der Waals surface area contributed by atoms with Crippen LogP contribution in [0, 0.1) is 5.92 Å². The minimum absolute atomic E-state index is 0.243.